The van der Waals surface area contributed by atoms with E-state index in [1.807, 2.05) is 0 Å². The molecule has 0 atom stereocenters. The lowest BCUT2D eigenvalue weighted by molar-refractivity contribution is 0.403. The van der Waals surface area contributed by atoms with Gasteiger partial charge in [0.1, 0.15) is 10.6 Å². The van der Waals surface area contributed by atoms with Gasteiger partial charge in [-0.05, 0) is 12.1 Å². The minimum Gasteiger partial charge on any atom is -0.495 e. The van der Waals surface area contributed by atoms with Crippen molar-refractivity contribution in [3.05, 3.63) is 18.2 Å². The zero-order chi connectivity index (χ0) is 14.6. The Labute approximate surface area is 110 Å². The fourth-order valence-corrected chi connectivity index (χ4v) is 1.93. The van der Waals surface area contributed by atoms with Crippen LogP contribution in [0.1, 0.15) is 0 Å². The predicted octanol–water partition coefficient (Wildman–Crippen LogP) is -1.44. The van der Waals surface area contributed by atoms with Crippen LogP contribution in [0.15, 0.2) is 33.1 Å². The van der Waals surface area contributed by atoms with Gasteiger partial charge in [0, 0.05) is 6.07 Å². The molecule has 0 saturated carbocycles. The first-order valence-corrected chi connectivity index (χ1v) is 6.43. The third-order valence-electron chi connectivity index (χ3n) is 1.94. The van der Waals surface area contributed by atoms with Crippen LogP contribution in [-0.2, 0) is 10.0 Å². The lowest BCUT2D eigenvalue weighted by atomic mass is 10.3. The molecule has 0 aromatic heterocycles. The van der Waals surface area contributed by atoms with Gasteiger partial charge >= 0.3 is 0 Å². The Kier molecular flexibility index (Phi) is 4.30. The summed E-state index contributed by atoms with van der Waals surface area (Å²) in [5, 5.41) is 5.03. The topological polar surface area (TPSA) is 172 Å². The first kappa shape index (κ1) is 14.7. The van der Waals surface area contributed by atoms with Crippen LogP contribution in [0.3, 0.4) is 0 Å². The van der Waals surface area contributed by atoms with Crippen LogP contribution < -0.4 is 27.1 Å². The van der Waals surface area contributed by atoms with E-state index in [0.29, 0.717) is 5.69 Å². The summed E-state index contributed by atoms with van der Waals surface area (Å²) in [5.41, 5.74) is 16.0. The summed E-state index contributed by atoms with van der Waals surface area (Å²) in [6.45, 7) is 0. The summed E-state index contributed by atoms with van der Waals surface area (Å²) >= 11 is 0. The largest absolute Gasteiger partial charge is 0.495 e. The molecule has 1 rings (SSSR count). The Bertz CT molecular complexity index is 633. The van der Waals surface area contributed by atoms with Crippen molar-refractivity contribution in [3.8, 4) is 5.75 Å². The Morgan fingerprint density at radius 2 is 1.89 bits per heavy atom. The second kappa shape index (κ2) is 5.54. The molecule has 0 aliphatic rings. The van der Waals surface area contributed by atoms with Gasteiger partial charge in [0.05, 0.1) is 12.8 Å². The van der Waals surface area contributed by atoms with E-state index >= 15 is 0 Å². The average Bonchev–Trinajstić information content (AvgIpc) is 2.25. The molecule has 1 aromatic rings. The molecule has 19 heavy (non-hydrogen) atoms. The minimum absolute atomic E-state index is 0.0428. The number of guanidine groups is 2. The van der Waals surface area contributed by atoms with Gasteiger partial charge in [0.25, 0.3) is 0 Å². The summed E-state index contributed by atoms with van der Waals surface area (Å²) in [7, 11) is -2.58. The van der Waals surface area contributed by atoms with Crippen molar-refractivity contribution in [2.45, 2.75) is 4.90 Å². The zero-order valence-corrected chi connectivity index (χ0v) is 10.9. The standard InChI is InChI=1S/C9H14N6O3S/c1-18-6-4-5(14-9(12)15-8(10)11)2-3-7(6)19(13,16)17/h2-4H,1H3,(H2,13,16,17)(H6,10,11,12,14,15). The van der Waals surface area contributed by atoms with Crippen LogP contribution in [0.4, 0.5) is 5.69 Å². The molecule has 9 nitrogen and oxygen atoms in total. The normalized spacial score (nSPS) is 12.0. The molecular weight excluding hydrogens is 272 g/mol. The van der Waals surface area contributed by atoms with Crippen molar-refractivity contribution in [2.75, 3.05) is 7.11 Å². The highest BCUT2D eigenvalue weighted by molar-refractivity contribution is 7.89. The fourth-order valence-electron chi connectivity index (χ4n) is 1.25. The Morgan fingerprint density at radius 3 is 2.37 bits per heavy atom. The van der Waals surface area contributed by atoms with Crippen molar-refractivity contribution < 1.29 is 13.2 Å². The Balaban J connectivity index is 3.26. The molecule has 0 aliphatic carbocycles. The molecule has 10 heteroatoms. The van der Waals surface area contributed by atoms with Gasteiger partial charge < -0.3 is 21.9 Å². The summed E-state index contributed by atoms with van der Waals surface area (Å²) < 4.78 is 27.5. The van der Waals surface area contributed by atoms with E-state index < -0.39 is 10.0 Å². The number of nitrogens with zero attached hydrogens (tertiary/aromatic N) is 2. The molecule has 1 aromatic carbocycles. The summed E-state index contributed by atoms with van der Waals surface area (Å²) in [6, 6.07) is 3.97. The van der Waals surface area contributed by atoms with E-state index in [-0.39, 0.29) is 22.6 Å². The molecule has 0 radical (unpaired) electrons. The van der Waals surface area contributed by atoms with Crippen LogP contribution >= 0.6 is 0 Å². The monoisotopic (exact) mass is 286 g/mol. The molecule has 0 bridgehead atoms. The molecule has 0 heterocycles. The van der Waals surface area contributed by atoms with Crippen LogP contribution in [-0.4, -0.2) is 27.4 Å². The molecule has 8 N–H and O–H groups in total. The smallest absolute Gasteiger partial charge is 0.241 e. The average molecular weight is 286 g/mol. The SMILES string of the molecule is COc1cc(N=C(N)N=C(N)N)ccc1S(N)(=O)=O. The van der Waals surface area contributed by atoms with Gasteiger partial charge in [-0.1, -0.05) is 0 Å². The van der Waals surface area contributed by atoms with Crippen molar-refractivity contribution in [3.63, 3.8) is 0 Å². The van der Waals surface area contributed by atoms with Crippen molar-refractivity contribution in [1.29, 1.82) is 0 Å². The van der Waals surface area contributed by atoms with Gasteiger partial charge in [-0.3, -0.25) is 0 Å². The number of nitrogens with two attached hydrogens (primary N) is 4. The third-order valence-corrected chi connectivity index (χ3v) is 2.89. The highest BCUT2D eigenvalue weighted by Gasteiger charge is 2.15. The molecular formula is C9H14N6O3S. The first-order valence-electron chi connectivity index (χ1n) is 4.88. The summed E-state index contributed by atoms with van der Waals surface area (Å²) in [4.78, 5) is 7.22. The number of hydrogen-bond donors (Lipinski definition) is 4. The molecule has 0 aliphatic heterocycles. The van der Waals surface area contributed by atoms with Gasteiger partial charge in [0.2, 0.25) is 16.0 Å². The second-order valence-corrected chi connectivity index (χ2v) is 4.92. The maximum absolute atomic E-state index is 11.3. The number of benzene rings is 1. The van der Waals surface area contributed by atoms with Crippen LogP contribution in [0.25, 0.3) is 0 Å². The predicted molar refractivity (Wildman–Crippen MR) is 71.5 cm³/mol. The Morgan fingerprint density at radius 1 is 1.26 bits per heavy atom. The van der Waals surface area contributed by atoms with E-state index in [1.54, 1.807) is 0 Å². The van der Waals surface area contributed by atoms with Crippen LogP contribution in [0.2, 0.25) is 0 Å². The van der Waals surface area contributed by atoms with Crippen molar-refractivity contribution >= 4 is 27.6 Å². The highest BCUT2D eigenvalue weighted by Crippen LogP contribution is 2.27. The second-order valence-electron chi connectivity index (χ2n) is 3.39. The highest BCUT2D eigenvalue weighted by atomic mass is 32.2. The van der Waals surface area contributed by atoms with E-state index in [1.165, 1.54) is 25.3 Å². The molecule has 0 unspecified atom stereocenters. The zero-order valence-electron chi connectivity index (χ0n) is 10.1. The van der Waals surface area contributed by atoms with Gasteiger partial charge in [0.15, 0.2) is 5.96 Å². The maximum Gasteiger partial charge on any atom is 0.241 e. The van der Waals surface area contributed by atoms with E-state index in [0.717, 1.165) is 0 Å². The van der Waals surface area contributed by atoms with Crippen LogP contribution in [0, 0.1) is 0 Å². The molecule has 0 amide bonds. The van der Waals surface area contributed by atoms with Gasteiger partial charge in [-0.2, -0.15) is 4.99 Å². The number of primary sulfonamides is 1. The molecule has 0 fully saturated rings. The number of ether oxygens (including phenoxy) is 1. The number of sulfonamides is 1. The number of rotatable bonds is 3. The van der Waals surface area contributed by atoms with E-state index in [4.69, 9.17) is 27.1 Å². The lowest BCUT2D eigenvalue weighted by Crippen LogP contribution is -2.26. The van der Waals surface area contributed by atoms with E-state index in [2.05, 4.69) is 9.98 Å². The third kappa shape index (κ3) is 4.12. The van der Waals surface area contributed by atoms with Crippen LogP contribution in [0.5, 0.6) is 5.75 Å². The molecule has 0 spiro atoms. The number of hydrogen-bond acceptors (Lipinski definition) is 4. The Hall–Kier alpha value is -2.33. The lowest BCUT2D eigenvalue weighted by Gasteiger charge is -2.07. The van der Waals surface area contributed by atoms with E-state index in [9.17, 15) is 8.42 Å². The summed E-state index contributed by atoms with van der Waals surface area (Å²) in [6.07, 6.45) is 0. The van der Waals surface area contributed by atoms with Gasteiger partial charge in [-0.25, -0.2) is 18.5 Å². The van der Waals surface area contributed by atoms with Crippen molar-refractivity contribution in [2.24, 2.45) is 32.3 Å². The fraction of sp³-hybridized carbons (Fsp3) is 0.111. The number of aliphatic imine (C=N–C) groups is 2. The molecule has 0 saturated heterocycles. The maximum atomic E-state index is 11.3. The minimum atomic E-state index is -3.88. The van der Waals surface area contributed by atoms with Crippen molar-refractivity contribution in [1.82, 2.24) is 0 Å². The number of methoxy groups -OCH3 is 1. The first-order chi connectivity index (χ1) is 8.74. The summed E-state index contributed by atoms with van der Waals surface area (Å²) in [5.74, 6) is -0.374. The van der Waals surface area contributed by atoms with Gasteiger partial charge in [-0.15, -0.1) is 0 Å². The molecule has 104 valence electrons. The quantitative estimate of drug-likeness (QED) is 0.391.